The monoisotopic (exact) mass is 381 g/mol. The van der Waals surface area contributed by atoms with Crippen molar-refractivity contribution in [3.05, 3.63) is 35.4 Å². The Morgan fingerprint density at radius 2 is 0.923 bits per heavy atom. The van der Waals surface area contributed by atoms with Crippen LogP contribution < -0.4 is 5.73 Å². The van der Waals surface area contributed by atoms with E-state index in [4.69, 9.17) is 17.3 Å². The Kier molecular flexibility index (Phi) is 22.1. The third-order valence-corrected chi connectivity index (χ3v) is 5.04. The molecule has 0 unspecified atom stereocenters. The summed E-state index contributed by atoms with van der Waals surface area (Å²) in [5.74, 6) is 0. The first kappa shape index (κ1) is 25.5. The summed E-state index contributed by atoms with van der Waals surface area (Å²) in [5, 5.41) is 0.794. The minimum Gasteiger partial charge on any atom is -0.330 e. The van der Waals surface area contributed by atoms with Crippen molar-refractivity contribution in [2.45, 2.75) is 110 Å². The molecule has 0 atom stereocenters. The molecule has 2 heteroatoms. The van der Waals surface area contributed by atoms with E-state index < -0.39 is 0 Å². The smallest absolute Gasteiger partial charge is 0.0405 e. The maximum Gasteiger partial charge on any atom is 0.0405 e. The van der Waals surface area contributed by atoms with Crippen LogP contribution in [0.1, 0.15) is 110 Å². The molecule has 26 heavy (non-hydrogen) atoms. The number of hydrogen-bond acceptors (Lipinski definition) is 1. The lowest BCUT2D eigenvalue weighted by molar-refractivity contribution is 0.530. The van der Waals surface area contributed by atoms with Crippen LogP contribution in [0.5, 0.6) is 0 Å². The van der Waals surface area contributed by atoms with Crippen LogP contribution in [-0.4, -0.2) is 6.54 Å². The minimum atomic E-state index is 0.794. The Hall–Kier alpha value is -0.530. The van der Waals surface area contributed by atoms with Crippen molar-refractivity contribution in [3.8, 4) is 0 Å². The summed E-state index contributed by atoms with van der Waals surface area (Å²) in [4.78, 5) is 0. The van der Waals surface area contributed by atoms with Crippen molar-refractivity contribution in [2.75, 3.05) is 6.54 Å². The van der Waals surface area contributed by atoms with Gasteiger partial charge in [-0.2, -0.15) is 0 Å². The Morgan fingerprint density at radius 1 is 0.577 bits per heavy atom. The van der Waals surface area contributed by atoms with Gasteiger partial charge in [0.25, 0.3) is 0 Å². The molecular weight excluding hydrogens is 338 g/mol. The van der Waals surface area contributed by atoms with Gasteiger partial charge in [0.2, 0.25) is 0 Å². The van der Waals surface area contributed by atoms with Crippen molar-refractivity contribution in [1.82, 2.24) is 0 Å². The molecule has 0 fully saturated rings. The lowest BCUT2D eigenvalue weighted by atomic mass is 10.0. The SMILES string of the molecule is CCCCCCCCCCCCCCCCCCN.Clc1ccccc1. The molecule has 1 rings (SSSR count). The van der Waals surface area contributed by atoms with Gasteiger partial charge >= 0.3 is 0 Å². The first-order valence-electron chi connectivity index (χ1n) is 11.2. The second-order valence-electron chi connectivity index (χ2n) is 7.39. The lowest BCUT2D eigenvalue weighted by Crippen LogP contribution is -1.97. The van der Waals surface area contributed by atoms with E-state index >= 15 is 0 Å². The number of halogens is 1. The van der Waals surface area contributed by atoms with Gasteiger partial charge in [-0.1, -0.05) is 133 Å². The molecule has 2 N–H and O–H groups in total. The fourth-order valence-corrected chi connectivity index (χ4v) is 3.25. The molecule has 0 radical (unpaired) electrons. The second kappa shape index (κ2) is 22.5. The second-order valence-corrected chi connectivity index (χ2v) is 7.82. The molecule has 0 saturated carbocycles. The van der Waals surface area contributed by atoms with E-state index in [9.17, 15) is 0 Å². The van der Waals surface area contributed by atoms with E-state index in [0.717, 1.165) is 11.6 Å². The first-order valence-corrected chi connectivity index (χ1v) is 11.6. The van der Waals surface area contributed by atoms with Crippen LogP contribution in [0, 0.1) is 0 Å². The molecule has 1 nitrogen and oxygen atoms in total. The van der Waals surface area contributed by atoms with Gasteiger partial charge < -0.3 is 5.73 Å². The molecule has 0 aliphatic heterocycles. The highest BCUT2D eigenvalue weighted by Crippen LogP contribution is 2.13. The third-order valence-electron chi connectivity index (χ3n) is 4.79. The summed E-state index contributed by atoms with van der Waals surface area (Å²) in [6.07, 6.45) is 22.9. The standard InChI is InChI=1S/C18H39N.C6H5Cl/c1-2-3-4-5-6-7-8-9-10-11-12-13-14-15-16-17-18-19;7-6-4-2-1-3-5-6/h2-19H2,1H3;1-5H. The number of nitrogens with two attached hydrogens (primary N) is 1. The van der Waals surface area contributed by atoms with E-state index in [-0.39, 0.29) is 0 Å². The van der Waals surface area contributed by atoms with Crippen LogP contribution in [0.4, 0.5) is 0 Å². The van der Waals surface area contributed by atoms with Gasteiger partial charge in [-0.25, -0.2) is 0 Å². The van der Waals surface area contributed by atoms with Crippen molar-refractivity contribution >= 4 is 11.6 Å². The van der Waals surface area contributed by atoms with E-state index in [1.165, 1.54) is 103 Å². The molecular formula is C24H44ClN. The molecule has 0 spiro atoms. The van der Waals surface area contributed by atoms with Crippen LogP contribution in [-0.2, 0) is 0 Å². The normalized spacial score (nSPS) is 10.4. The molecule has 0 aliphatic carbocycles. The maximum atomic E-state index is 5.54. The summed E-state index contributed by atoms with van der Waals surface area (Å²) in [6.45, 7) is 3.16. The maximum absolute atomic E-state index is 5.54. The molecule has 0 aromatic heterocycles. The highest BCUT2D eigenvalue weighted by atomic mass is 35.5. The van der Waals surface area contributed by atoms with Crippen LogP contribution in [0.3, 0.4) is 0 Å². The number of rotatable bonds is 16. The fourth-order valence-electron chi connectivity index (χ4n) is 3.11. The van der Waals surface area contributed by atoms with Crippen LogP contribution in [0.15, 0.2) is 30.3 Å². The summed E-state index contributed by atoms with van der Waals surface area (Å²) in [7, 11) is 0. The third kappa shape index (κ3) is 21.5. The number of unbranched alkanes of at least 4 members (excludes halogenated alkanes) is 15. The minimum absolute atomic E-state index is 0.794. The summed E-state index contributed by atoms with van der Waals surface area (Å²) in [5.41, 5.74) is 5.48. The predicted octanol–water partition coefficient (Wildman–Crippen LogP) is 8.55. The average Bonchev–Trinajstić information content (AvgIpc) is 2.66. The van der Waals surface area contributed by atoms with Crippen LogP contribution in [0.25, 0.3) is 0 Å². The molecule has 152 valence electrons. The zero-order valence-electron chi connectivity index (χ0n) is 17.4. The van der Waals surface area contributed by atoms with Gasteiger partial charge in [-0.3, -0.25) is 0 Å². The van der Waals surface area contributed by atoms with Crippen LogP contribution >= 0.6 is 11.6 Å². The number of benzene rings is 1. The zero-order valence-corrected chi connectivity index (χ0v) is 18.1. The van der Waals surface area contributed by atoms with Crippen molar-refractivity contribution in [2.24, 2.45) is 5.73 Å². The Morgan fingerprint density at radius 3 is 1.19 bits per heavy atom. The Balaban J connectivity index is 0.000000735. The Bertz CT molecular complexity index is 336. The largest absolute Gasteiger partial charge is 0.330 e. The summed E-state index contributed by atoms with van der Waals surface area (Å²) in [6, 6.07) is 9.44. The van der Waals surface area contributed by atoms with E-state index in [0.29, 0.717) is 0 Å². The van der Waals surface area contributed by atoms with Gasteiger partial charge in [-0.05, 0) is 25.1 Å². The topological polar surface area (TPSA) is 26.0 Å². The van der Waals surface area contributed by atoms with Crippen molar-refractivity contribution < 1.29 is 0 Å². The van der Waals surface area contributed by atoms with Gasteiger partial charge in [-0.15, -0.1) is 0 Å². The molecule has 1 aromatic rings. The molecule has 0 amide bonds. The quantitative estimate of drug-likeness (QED) is 0.285. The molecule has 0 heterocycles. The van der Waals surface area contributed by atoms with E-state index in [1.807, 2.05) is 30.3 Å². The lowest BCUT2D eigenvalue weighted by Gasteiger charge is -2.03. The summed E-state index contributed by atoms with van der Waals surface area (Å²) < 4.78 is 0. The van der Waals surface area contributed by atoms with Crippen molar-refractivity contribution in [1.29, 1.82) is 0 Å². The van der Waals surface area contributed by atoms with Gasteiger partial charge in [0, 0.05) is 5.02 Å². The van der Waals surface area contributed by atoms with Gasteiger partial charge in [0.1, 0.15) is 0 Å². The van der Waals surface area contributed by atoms with Gasteiger partial charge in [0.05, 0.1) is 0 Å². The average molecular weight is 382 g/mol. The van der Waals surface area contributed by atoms with Crippen LogP contribution in [0.2, 0.25) is 5.02 Å². The molecule has 0 aliphatic rings. The Labute approximate surface area is 169 Å². The van der Waals surface area contributed by atoms with E-state index in [1.54, 1.807) is 0 Å². The summed E-state index contributed by atoms with van der Waals surface area (Å²) >= 11 is 5.54. The fraction of sp³-hybridized carbons (Fsp3) is 0.750. The molecule has 0 saturated heterocycles. The zero-order chi connectivity index (χ0) is 19.1. The highest BCUT2D eigenvalue weighted by Gasteiger charge is 1.94. The van der Waals surface area contributed by atoms with E-state index in [2.05, 4.69) is 6.92 Å². The van der Waals surface area contributed by atoms with Gasteiger partial charge in [0.15, 0.2) is 0 Å². The highest BCUT2D eigenvalue weighted by molar-refractivity contribution is 6.30. The first-order chi connectivity index (χ1) is 12.8. The molecule has 0 bridgehead atoms. The number of hydrogen-bond donors (Lipinski definition) is 1. The molecule has 1 aromatic carbocycles. The van der Waals surface area contributed by atoms with Crippen molar-refractivity contribution in [3.63, 3.8) is 0 Å². The predicted molar refractivity (Wildman–Crippen MR) is 120 cm³/mol.